The number of benzene rings is 1. The van der Waals surface area contributed by atoms with Crippen LogP contribution >= 0.6 is 0 Å². The van der Waals surface area contributed by atoms with Gasteiger partial charge in [0, 0.05) is 19.1 Å². The number of nitrogens with one attached hydrogen (secondary N) is 1. The van der Waals surface area contributed by atoms with Gasteiger partial charge in [-0.2, -0.15) is 4.98 Å². The number of fused-ring (bicyclic) bond motifs is 1. The number of halogens is 1. The zero-order valence-electron chi connectivity index (χ0n) is 16.8. The van der Waals surface area contributed by atoms with Crippen molar-refractivity contribution in [3.63, 3.8) is 0 Å². The van der Waals surface area contributed by atoms with Gasteiger partial charge in [0.05, 0.1) is 19.3 Å². The number of aromatic nitrogens is 2. The van der Waals surface area contributed by atoms with Gasteiger partial charge in [-0.05, 0) is 56.9 Å². The molecule has 29 heavy (non-hydrogen) atoms. The van der Waals surface area contributed by atoms with E-state index >= 15 is 0 Å². The van der Waals surface area contributed by atoms with Crippen molar-refractivity contribution < 1.29 is 13.9 Å². The number of carbonyl (C=O) groups excluding carboxylic acids is 1. The van der Waals surface area contributed by atoms with Crippen molar-refractivity contribution in [2.45, 2.75) is 32.7 Å². The number of anilines is 3. The summed E-state index contributed by atoms with van der Waals surface area (Å²) in [5, 5.41) is 3.40. The lowest BCUT2D eigenvalue weighted by molar-refractivity contribution is -0.117. The van der Waals surface area contributed by atoms with Crippen LogP contribution in [0.2, 0.25) is 0 Å². The minimum atomic E-state index is -0.261. The van der Waals surface area contributed by atoms with E-state index in [2.05, 4.69) is 15.3 Å². The highest BCUT2D eigenvalue weighted by atomic mass is 19.1. The number of carbonyl (C=O) groups is 1. The molecule has 2 aliphatic rings. The van der Waals surface area contributed by atoms with E-state index in [1.807, 2.05) is 18.7 Å². The Labute approximate surface area is 169 Å². The minimum Gasteiger partial charge on any atom is -0.493 e. The molecule has 7 nitrogen and oxygen atoms in total. The Morgan fingerprint density at radius 1 is 1.21 bits per heavy atom. The molecule has 1 saturated carbocycles. The topological polar surface area (TPSA) is 70.6 Å². The Morgan fingerprint density at radius 2 is 1.97 bits per heavy atom. The fourth-order valence-electron chi connectivity index (χ4n) is 3.84. The maximum atomic E-state index is 12.9. The Kier molecular flexibility index (Phi) is 5.51. The van der Waals surface area contributed by atoms with Crippen LogP contribution in [-0.4, -0.2) is 48.2 Å². The van der Waals surface area contributed by atoms with Crippen molar-refractivity contribution in [2.24, 2.45) is 5.92 Å². The summed E-state index contributed by atoms with van der Waals surface area (Å²) < 4.78 is 18.7. The molecule has 1 amide bonds. The van der Waals surface area contributed by atoms with Crippen LogP contribution in [0.4, 0.5) is 21.8 Å². The Balaban J connectivity index is 1.33. The number of rotatable bonds is 7. The molecule has 0 unspecified atom stereocenters. The average Bonchev–Trinajstić information content (AvgIpc) is 2.70. The second-order valence-electron chi connectivity index (χ2n) is 7.50. The summed E-state index contributed by atoms with van der Waals surface area (Å²) in [4.78, 5) is 25.1. The zero-order chi connectivity index (χ0) is 20.4. The quantitative estimate of drug-likeness (QED) is 0.772. The minimum absolute atomic E-state index is 0.0779. The lowest BCUT2D eigenvalue weighted by Crippen LogP contribution is -2.46. The second kappa shape index (κ2) is 8.23. The molecule has 4 rings (SSSR count). The molecule has 0 bridgehead atoms. The molecule has 1 aromatic heterocycles. The van der Waals surface area contributed by atoms with Gasteiger partial charge in [0.2, 0.25) is 11.9 Å². The van der Waals surface area contributed by atoms with Crippen LogP contribution in [0.15, 0.2) is 30.5 Å². The van der Waals surface area contributed by atoms with Gasteiger partial charge in [-0.15, -0.1) is 0 Å². The Hall–Kier alpha value is -2.90. The molecule has 1 N–H and O–H groups in total. The number of nitrogens with zero attached hydrogens (tertiary/aromatic N) is 4. The number of ether oxygens (including phenoxy) is 1. The smallest absolute Gasteiger partial charge is 0.246 e. The predicted molar refractivity (Wildman–Crippen MR) is 110 cm³/mol. The van der Waals surface area contributed by atoms with Gasteiger partial charge in [-0.1, -0.05) is 0 Å². The van der Waals surface area contributed by atoms with Gasteiger partial charge in [0.15, 0.2) is 5.82 Å². The van der Waals surface area contributed by atoms with Crippen molar-refractivity contribution in [3.05, 3.63) is 36.3 Å². The molecule has 0 radical (unpaired) electrons. The van der Waals surface area contributed by atoms with Gasteiger partial charge < -0.3 is 19.9 Å². The third-order valence-electron chi connectivity index (χ3n) is 5.53. The highest BCUT2D eigenvalue weighted by Gasteiger charge is 2.32. The molecule has 8 heteroatoms. The Morgan fingerprint density at radius 3 is 2.66 bits per heavy atom. The van der Waals surface area contributed by atoms with Crippen LogP contribution in [0.5, 0.6) is 5.75 Å². The van der Waals surface area contributed by atoms with Crippen molar-refractivity contribution in [3.8, 4) is 5.75 Å². The summed E-state index contributed by atoms with van der Waals surface area (Å²) in [5.74, 6) is 2.36. The van der Waals surface area contributed by atoms with E-state index < -0.39 is 0 Å². The van der Waals surface area contributed by atoms with E-state index in [9.17, 15) is 9.18 Å². The van der Waals surface area contributed by atoms with E-state index in [1.165, 1.54) is 12.1 Å². The SMILES string of the molecule is CCN1CC(=O)N(CC)c2cnc(NC3CC(COc4ccc(F)cc4)C3)nc21. The van der Waals surface area contributed by atoms with Crippen molar-refractivity contribution in [1.29, 1.82) is 0 Å². The number of amides is 1. The first-order valence-electron chi connectivity index (χ1n) is 10.1. The van der Waals surface area contributed by atoms with Gasteiger partial charge >= 0.3 is 0 Å². The molecule has 0 spiro atoms. The van der Waals surface area contributed by atoms with Crippen LogP contribution < -0.4 is 19.9 Å². The molecule has 1 fully saturated rings. The summed E-state index contributed by atoms with van der Waals surface area (Å²) >= 11 is 0. The highest BCUT2D eigenvalue weighted by molar-refractivity contribution is 6.02. The summed E-state index contributed by atoms with van der Waals surface area (Å²) in [5.41, 5.74) is 0.773. The lowest BCUT2D eigenvalue weighted by Gasteiger charge is -2.37. The summed E-state index contributed by atoms with van der Waals surface area (Å²) in [6.07, 6.45) is 3.68. The monoisotopic (exact) mass is 399 g/mol. The maximum Gasteiger partial charge on any atom is 0.246 e. The molecular formula is C21H26FN5O2. The molecular weight excluding hydrogens is 373 g/mol. The molecule has 1 aliphatic carbocycles. The number of likely N-dealkylation sites (N-methyl/N-ethyl adjacent to an activating group) is 2. The second-order valence-corrected chi connectivity index (χ2v) is 7.50. The van der Waals surface area contributed by atoms with E-state index in [1.54, 1.807) is 23.2 Å². The first kappa shape index (κ1) is 19.4. The summed E-state index contributed by atoms with van der Waals surface area (Å²) in [7, 11) is 0. The van der Waals surface area contributed by atoms with Crippen LogP contribution in [0, 0.1) is 11.7 Å². The fraction of sp³-hybridized carbons (Fsp3) is 0.476. The van der Waals surface area contributed by atoms with Gasteiger partial charge in [-0.25, -0.2) is 9.37 Å². The zero-order valence-corrected chi connectivity index (χ0v) is 16.8. The standard InChI is InChI=1S/C21H26FN5O2/c1-3-26-12-19(28)27(4-2)18-11-23-21(25-20(18)26)24-16-9-14(10-16)13-29-17-7-5-15(22)6-8-17/h5-8,11,14,16H,3-4,9-10,12-13H2,1-2H3,(H,23,24,25). The van der Waals surface area contributed by atoms with Gasteiger partial charge in [0.1, 0.15) is 17.3 Å². The maximum absolute atomic E-state index is 12.9. The van der Waals surface area contributed by atoms with E-state index in [4.69, 9.17) is 4.74 Å². The lowest BCUT2D eigenvalue weighted by atomic mass is 9.81. The molecule has 0 saturated heterocycles. The first-order chi connectivity index (χ1) is 14.1. The average molecular weight is 399 g/mol. The normalized spacial score (nSPS) is 20.9. The third kappa shape index (κ3) is 4.11. The highest BCUT2D eigenvalue weighted by Crippen LogP contribution is 2.34. The van der Waals surface area contributed by atoms with Crippen molar-refractivity contribution in [2.75, 3.05) is 41.4 Å². The molecule has 154 valence electrons. The van der Waals surface area contributed by atoms with Gasteiger partial charge in [0.25, 0.3) is 0 Å². The van der Waals surface area contributed by atoms with Crippen LogP contribution in [0.3, 0.4) is 0 Å². The predicted octanol–water partition coefficient (Wildman–Crippen LogP) is 3.08. The third-order valence-corrected chi connectivity index (χ3v) is 5.53. The van der Waals surface area contributed by atoms with Crippen molar-refractivity contribution >= 4 is 23.4 Å². The summed E-state index contributed by atoms with van der Waals surface area (Å²) in [6, 6.07) is 6.40. The van der Waals surface area contributed by atoms with Crippen LogP contribution in [0.25, 0.3) is 0 Å². The molecule has 2 heterocycles. The van der Waals surface area contributed by atoms with Gasteiger partial charge in [-0.3, -0.25) is 4.79 Å². The fourth-order valence-corrected chi connectivity index (χ4v) is 3.84. The molecule has 0 atom stereocenters. The van der Waals surface area contributed by atoms with Crippen molar-refractivity contribution in [1.82, 2.24) is 9.97 Å². The first-order valence-corrected chi connectivity index (χ1v) is 10.1. The van der Waals surface area contributed by atoms with E-state index in [0.717, 1.165) is 30.9 Å². The molecule has 1 aromatic carbocycles. The molecule has 2 aromatic rings. The van der Waals surface area contributed by atoms with E-state index in [-0.39, 0.29) is 11.7 Å². The largest absolute Gasteiger partial charge is 0.493 e. The van der Waals surface area contributed by atoms with Crippen LogP contribution in [0.1, 0.15) is 26.7 Å². The number of hydrogen-bond donors (Lipinski definition) is 1. The number of hydrogen-bond acceptors (Lipinski definition) is 6. The molecule has 1 aliphatic heterocycles. The Bertz CT molecular complexity index is 870. The van der Waals surface area contributed by atoms with E-state index in [0.29, 0.717) is 43.4 Å². The van der Waals surface area contributed by atoms with Crippen LogP contribution in [-0.2, 0) is 4.79 Å². The summed E-state index contributed by atoms with van der Waals surface area (Å²) in [6.45, 7) is 6.27.